The van der Waals surface area contributed by atoms with Gasteiger partial charge in [0, 0.05) is 18.6 Å². The summed E-state index contributed by atoms with van der Waals surface area (Å²) in [5, 5.41) is 3.72. The minimum absolute atomic E-state index is 0.480. The molecule has 1 N–H and O–H groups in total. The molecule has 0 spiro atoms. The van der Waals surface area contributed by atoms with Crippen molar-refractivity contribution in [3.8, 4) is 0 Å². The topological polar surface area (TPSA) is 15.3 Å². The predicted molar refractivity (Wildman–Crippen MR) is 82.4 cm³/mol. The highest BCUT2D eigenvalue weighted by Gasteiger charge is 2.30. The maximum atomic E-state index is 3.72. The van der Waals surface area contributed by atoms with Crippen LogP contribution < -0.4 is 5.32 Å². The minimum Gasteiger partial charge on any atom is -0.309 e. The monoisotopic (exact) mass is 260 g/mol. The predicted octanol–water partition coefficient (Wildman–Crippen LogP) is 3.60. The van der Waals surface area contributed by atoms with Gasteiger partial charge in [-0.05, 0) is 44.3 Å². The van der Waals surface area contributed by atoms with Gasteiger partial charge in [0.05, 0.1) is 0 Å². The van der Waals surface area contributed by atoms with E-state index in [0.717, 1.165) is 19.1 Å². The molecule has 0 saturated heterocycles. The SMILES string of the molecule is CCCNC(CN(CCC)C1CC1)c1ccccc1. The summed E-state index contributed by atoms with van der Waals surface area (Å²) in [4.78, 5) is 2.68. The van der Waals surface area contributed by atoms with Crippen LogP contribution in [0, 0.1) is 0 Å². The highest BCUT2D eigenvalue weighted by molar-refractivity contribution is 5.19. The lowest BCUT2D eigenvalue weighted by Gasteiger charge is -2.28. The number of benzene rings is 1. The zero-order chi connectivity index (χ0) is 13.5. The normalized spacial score (nSPS) is 16.8. The Morgan fingerprint density at radius 3 is 2.47 bits per heavy atom. The molecule has 1 saturated carbocycles. The van der Waals surface area contributed by atoms with Crippen LogP contribution in [-0.4, -0.2) is 30.6 Å². The second-order valence-corrected chi connectivity index (χ2v) is 5.64. The zero-order valence-electron chi connectivity index (χ0n) is 12.4. The van der Waals surface area contributed by atoms with E-state index in [1.165, 1.54) is 37.8 Å². The van der Waals surface area contributed by atoms with E-state index in [0.29, 0.717) is 6.04 Å². The third kappa shape index (κ3) is 4.63. The van der Waals surface area contributed by atoms with Gasteiger partial charge in [-0.1, -0.05) is 44.2 Å². The van der Waals surface area contributed by atoms with Crippen molar-refractivity contribution in [2.24, 2.45) is 0 Å². The maximum Gasteiger partial charge on any atom is 0.0449 e. The van der Waals surface area contributed by atoms with Crippen LogP contribution in [0.3, 0.4) is 0 Å². The molecule has 0 radical (unpaired) electrons. The molecule has 2 nitrogen and oxygen atoms in total. The van der Waals surface area contributed by atoms with Crippen LogP contribution in [0.1, 0.15) is 51.1 Å². The first-order chi connectivity index (χ1) is 9.35. The number of nitrogens with one attached hydrogen (secondary N) is 1. The van der Waals surface area contributed by atoms with Crippen molar-refractivity contribution in [1.82, 2.24) is 10.2 Å². The lowest BCUT2D eigenvalue weighted by Crippen LogP contribution is -2.37. The Morgan fingerprint density at radius 1 is 1.16 bits per heavy atom. The van der Waals surface area contributed by atoms with Gasteiger partial charge in [-0.25, -0.2) is 0 Å². The standard InChI is InChI=1S/C17H28N2/c1-3-12-18-17(15-8-6-5-7-9-15)14-19(13-4-2)16-10-11-16/h5-9,16-18H,3-4,10-14H2,1-2H3. The fourth-order valence-electron chi connectivity index (χ4n) is 2.68. The Kier molecular flexibility index (Phi) is 5.87. The average Bonchev–Trinajstić information content (AvgIpc) is 3.28. The Bertz CT molecular complexity index is 346. The summed E-state index contributed by atoms with van der Waals surface area (Å²) >= 11 is 0. The molecule has 1 aromatic rings. The van der Waals surface area contributed by atoms with E-state index in [1.807, 2.05) is 0 Å². The molecule has 2 rings (SSSR count). The minimum atomic E-state index is 0.480. The summed E-state index contributed by atoms with van der Waals surface area (Å²) in [5.74, 6) is 0. The molecule has 0 amide bonds. The third-order valence-corrected chi connectivity index (χ3v) is 3.83. The van der Waals surface area contributed by atoms with E-state index in [-0.39, 0.29) is 0 Å². The Morgan fingerprint density at radius 2 is 1.89 bits per heavy atom. The Labute approximate surface area is 118 Å². The van der Waals surface area contributed by atoms with Gasteiger partial charge in [0.25, 0.3) is 0 Å². The van der Waals surface area contributed by atoms with Gasteiger partial charge in [-0.2, -0.15) is 0 Å². The summed E-state index contributed by atoms with van der Waals surface area (Å²) < 4.78 is 0. The number of nitrogens with zero attached hydrogens (tertiary/aromatic N) is 1. The molecule has 1 fully saturated rings. The van der Waals surface area contributed by atoms with Gasteiger partial charge in [-0.15, -0.1) is 0 Å². The molecule has 0 aliphatic heterocycles. The highest BCUT2D eigenvalue weighted by atomic mass is 15.2. The molecule has 1 aliphatic carbocycles. The van der Waals surface area contributed by atoms with Gasteiger partial charge in [-0.3, -0.25) is 4.90 Å². The second-order valence-electron chi connectivity index (χ2n) is 5.64. The van der Waals surface area contributed by atoms with Crippen molar-refractivity contribution >= 4 is 0 Å². The van der Waals surface area contributed by atoms with Crippen LogP contribution in [0.25, 0.3) is 0 Å². The van der Waals surface area contributed by atoms with Crippen LogP contribution in [0.4, 0.5) is 0 Å². The molecule has 0 aromatic heterocycles. The van der Waals surface area contributed by atoms with Crippen molar-refractivity contribution in [2.45, 2.75) is 51.6 Å². The summed E-state index contributed by atoms with van der Waals surface area (Å²) in [7, 11) is 0. The number of rotatable bonds is 9. The molecule has 0 bridgehead atoms. The third-order valence-electron chi connectivity index (χ3n) is 3.83. The molecule has 19 heavy (non-hydrogen) atoms. The van der Waals surface area contributed by atoms with E-state index >= 15 is 0 Å². The average molecular weight is 260 g/mol. The summed E-state index contributed by atoms with van der Waals surface area (Å²) in [6, 6.07) is 12.2. The van der Waals surface area contributed by atoms with Gasteiger partial charge in [0.2, 0.25) is 0 Å². The molecule has 2 heteroatoms. The van der Waals surface area contributed by atoms with Gasteiger partial charge >= 0.3 is 0 Å². The van der Waals surface area contributed by atoms with Crippen molar-refractivity contribution in [2.75, 3.05) is 19.6 Å². The number of hydrogen-bond acceptors (Lipinski definition) is 2. The van der Waals surface area contributed by atoms with Crippen LogP contribution >= 0.6 is 0 Å². The Balaban J connectivity index is 1.99. The summed E-state index contributed by atoms with van der Waals surface area (Å²) in [6.45, 7) is 8.01. The largest absolute Gasteiger partial charge is 0.309 e. The highest BCUT2D eigenvalue weighted by Crippen LogP contribution is 2.29. The summed E-state index contributed by atoms with van der Waals surface area (Å²) in [6.07, 6.45) is 5.25. The maximum absolute atomic E-state index is 3.72. The molecule has 0 heterocycles. The molecule has 1 unspecified atom stereocenters. The van der Waals surface area contributed by atoms with E-state index in [1.54, 1.807) is 0 Å². The van der Waals surface area contributed by atoms with Gasteiger partial charge in [0.1, 0.15) is 0 Å². The van der Waals surface area contributed by atoms with E-state index in [9.17, 15) is 0 Å². The first-order valence-corrected chi connectivity index (χ1v) is 7.87. The quantitative estimate of drug-likeness (QED) is 0.730. The lowest BCUT2D eigenvalue weighted by atomic mass is 10.1. The second kappa shape index (κ2) is 7.66. The van der Waals surface area contributed by atoms with Crippen molar-refractivity contribution < 1.29 is 0 Å². The van der Waals surface area contributed by atoms with E-state index in [2.05, 4.69) is 54.4 Å². The van der Waals surface area contributed by atoms with Crippen LogP contribution in [0.15, 0.2) is 30.3 Å². The van der Waals surface area contributed by atoms with Crippen LogP contribution in [-0.2, 0) is 0 Å². The molecule has 1 atom stereocenters. The van der Waals surface area contributed by atoms with Crippen LogP contribution in [0.5, 0.6) is 0 Å². The smallest absolute Gasteiger partial charge is 0.0449 e. The van der Waals surface area contributed by atoms with Crippen molar-refractivity contribution in [3.63, 3.8) is 0 Å². The Hall–Kier alpha value is -0.860. The zero-order valence-corrected chi connectivity index (χ0v) is 12.4. The fraction of sp³-hybridized carbons (Fsp3) is 0.647. The lowest BCUT2D eigenvalue weighted by molar-refractivity contribution is 0.233. The van der Waals surface area contributed by atoms with Crippen molar-refractivity contribution in [3.05, 3.63) is 35.9 Å². The molecule has 1 aliphatic rings. The van der Waals surface area contributed by atoms with Gasteiger partial charge in [0.15, 0.2) is 0 Å². The van der Waals surface area contributed by atoms with E-state index in [4.69, 9.17) is 0 Å². The van der Waals surface area contributed by atoms with Gasteiger partial charge < -0.3 is 5.32 Å². The van der Waals surface area contributed by atoms with Crippen LogP contribution in [0.2, 0.25) is 0 Å². The molecule has 1 aromatic carbocycles. The molecular formula is C17H28N2. The first-order valence-electron chi connectivity index (χ1n) is 7.87. The van der Waals surface area contributed by atoms with E-state index < -0.39 is 0 Å². The molecular weight excluding hydrogens is 232 g/mol. The van der Waals surface area contributed by atoms with Crippen molar-refractivity contribution in [1.29, 1.82) is 0 Å². The summed E-state index contributed by atoms with van der Waals surface area (Å²) in [5.41, 5.74) is 1.43. The fourth-order valence-corrected chi connectivity index (χ4v) is 2.68. The number of hydrogen-bond donors (Lipinski definition) is 1. The first kappa shape index (κ1) is 14.5. The molecule has 106 valence electrons.